The fraction of sp³-hybridized carbons (Fsp3) is 0.812. The molecule has 0 bridgehead atoms. The van der Waals surface area contributed by atoms with Gasteiger partial charge in [0.05, 0.1) is 0 Å². The Morgan fingerprint density at radius 2 is 2.00 bits per heavy atom. The molecule has 1 aliphatic rings. The maximum atomic E-state index is 12.4. The first-order valence-corrected chi connectivity index (χ1v) is 7.36. The molecule has 3 heteroatoms. The Hall–Kier alpha value is -0.990. The van der Waals surface area contributed by atoms with Crippen LogP contribution in [0.4, 0.5) is 4.79 Å². The number of piperidine rings is 1. The van der Waals surface area contributed by atoms with Crippen LogP contribution in [0.2, 0.25) is 0 Å². The zero-order valence-electron chi connectivity index (χ0n) is 13.2. The molecule has 1 heterocycles. The van der Waals surface area contributed by atoms with E-state index in [1.807, 2.05) is 32.6 Å². The zero-order chi connectivity index (χ0) is 14.6. The topological polar surface area (TPSA) is 29.5 Å². The third-order valence-electron chi connectivity index (χ3n) is 3.54. The van der Waals surface area contributed by atoms with Gasteiger partial charge in [-0.2, -0.15) is 0 Å². The second kappa shape index (κ2) is 6.44. The van der Waals surface area contributed by atoms with Crippen LogP contribution >= 0.6 is 0 Å². The van der Waals surface area contributed by atoms with Gasteiger partial charge in [0.2, 0.25) is 0 Å². The number of nitrogens with zero attached hydrogens (tertiary/aromatic N) is 1. The SMILES string of the molecule is C=C(C)CC[C@@H]1CCCC(C)N1C(=O)OC(C)(C)C. The van der Waals surface area contributed by atoms with Crippen LogP contribution in [-0.2, 0) is 4.74 Å². The van der Waals surface area contributed by atoms with Crippen molar-refractivity contribution in [3.05, 3.63) is 12.2 Å². The van der Waals surface area contributed by atoms with Crippen molar-refractivity contribution < 1.29 is 9.53 Å². The molecule has 1 fully saturated rings. The van der Waals surface area contributed by atoms with Gasteiger partial charge in [0.25, 0.3) is 0 Å². The van der Waals surface area contributed by atoms with Gasteiger partial charge in [-0.1, -0.05) is 5.57 Å². The van der Waals surface area contributed by atoms with Crippen LogP contribution < -0.4 is 0 Å². The van der Waals surface area contributed by atoms with Crippen molar-refractivity contribution in [3.63, 3.8) is 0 Å². The van der Waals surface area contributed by atoms with Gasteiger partial charge in [-0.3, -0.25) is 0 Å². The van der Waals surface area contributed by atoms with Gasteiger partial charge in [-0.15, -0.1) is 6.58 Å². The molecule has 1 amide bonds. The number of likely N-dealkylation sites (tertiary alicyclic amines) is 1. The minimum absolute atomic E-state index is 0.161. The maximum absolute atomic E-state index is 12.4. The van der Waals surface area contributed by atoms with E-state index < -0.39 is 5.60 Å². The standard InChI is InChI=1S/C16H29NO2/c1-12(2)10-11-14-9-7-8-13(3)17(14)15(18)19-16(4,5)6/h13-14H,1,7-11H2,2-6H3/t13?,14-/m0/s1. The van der Waals surface area contributed by atoms with Crippen molar-refractivity contribution in [1.82, 2.24) is 4.90 Å². The Morgan fingerprint density at radius 1 is 1.37 bits per heavy atom. The summed E-state index contributed by atoms with van der Waals surface area (Å²) < 4.78 is 5.55. The van der Waals surface area contributed by atoms with Gasteiger partial charge in [0.1, 0.15) is 5.60 Å². The van der Waals surface area contributed by atoms with Gasteiger partial charge in [-0.25, -0.2) is 4.79 Å². The summed E-state index contributed by atoms with van der Waals surface area (Å²) in [6.45, 7) is 13.9. The Balaban J connectivity index is 2.71. The van der Waals surface area contributed by atoms with Crippen molar-refractivity contribution in [2.45, 2.75) is 84.4 Å². The van der Waals surface area contributed by atoms with Crippen LogP contribution in [0.15, 0.2) is 12.2 Å². The summed E-state index contributed by atoms with van der Waals surface area (Å²) in [6.07, 6.45) is 5.17. The van der Waals surface area contributed by atoms with E-state index in [0.717, 1.165) is 25.7 Å². The highest BCUT2D eigenvalue weighted by atomic mass is 16.6. The normalized spacial score (nSPS) is 24.2. The van der Waals surface area contributed by atoms with Crippen LogP contribution in [-0.4, -0.2) is 28.7 Å². The summed E-state index contributed by atoms with van der Waals surface area (Å²) in [5.74, 6) is 0. The summed E-state index contributed by atoms with van der Waals surface area (Å²) in [4.78, 5) is 14.3. The third-order valence-corrected chi connectivity index (χ3v) is 3.54. The fourth-order valence-electron chi connectivity index (χ4n) is 2.63. The summed E-state index contributed by atoms with van der Waals surface area (Å²) in [5, 5.41) is 0. The summed E-state index contributed by atoms with van der Waals surface area (Å²) in [7, 11) is 0. The molecule has 0 aromatic rings. The first-order valence-electron chi connectivity index (χ1n) is 7.36. The molecule has 0 N–H and O–H groups in total. The molecule has 19 heavy (non-hydrogen) atoms. The maximum Gasteiger partial charge on any atom is 0.410 e. The van der Waals surface area contributed by atoms with Crippen molar-refractivity contribution in [2.24, 2.45) is 0 Å². The van der Waals surface area contributed by atoms with E-state index in [4.69, 9.17) is 4.74 Å². The molecule has 1 aliphatic heterocycles. The number of hydrogen-bond acceptors (Lipinski definition) is 2. The number of hydrogen-bond donors (Lipinski definition) is 0. The van der Waals surface area contributed by atoms with Crippen molar-refractivity contribution >= 4 is 6.09 Å². The number of allylic oxidation sites excluding steroid dienone is 1. The molecule has 1 saturated heterocycles. The van der Waals surface area contributed by atoms with Crippen LogP contribution in [0.25, 0.3) is 0 Å². The molecule has 0 aromatic carbocycles. The lowest BCUT2D eigenvalue weighted by Gasteiger charge is -2.41. The Kier molecular flexibility index (Phi) is 5.45. The van der Waals surface area contributed by atoms with E-state index in [0.29, 0.717) is 6.04 Å². The van der Waals surface area contributed by atoms with Crippen LogP contribution in [0, 0.1) is 0 Å². The lowest BCUT2D eigenvalue weighted by molar-refractivity contribution is -0.00390. The highest BCUT2D eigenvalue weighted by Crippen LogP contribution is 2.28. The van der Waals surface area contributed by atoms with Crippen molar-refractivity contribution in [1.29, 1.82) is 0 Å². The third kappa shape index (κ3) is 5.25. The van der Waals surface area contributed by atoms with E-state index in [1.165, 1.54) is 12.0 Å². The van der Waals surface area contributed by atoms with Gasteiger partial charge < -0.3 is 9.64 Å². The smallest absolute Gasteiger partial charge is 0.410 e. The predicted octanol–water partition coefficient (Wildman–Crippen LogP) is 4.52. The average molecular weight is 267 g/mol. The first kappa shape index (κ1) is 16.1. The zero-order valence-corrected chi connectivity index (χ0v) is 13.2. The fourth-order valence-corrected chi connectivity index (χ4v) is 2.63. The van der Waals surface area contributed by atoms with Gasteiger partial charge in [0.15, 0.2) is 0 Å². The predicted molar refractivity (Wildman–Crippen MR) is 79.2 cm³/mol. The van der Waals surface area contributed by atoms with Gasteiger partial charge in [-0.05, 0) is 66.7 Å². The molecular weight excluding hydrogens is 238 g/mol. The average Bonchev–Trinajstić information content (AvgIpc) is 2.23. The number of carbonyl (C=O) groups is 1. The van der Waals surface area contributed by atoms with E-state index in [2.05, 4.69) is 13.5 Å². The molecule has 1 unspecified atom stereocenters. The quantitative estimate of drug-likeness (QED) is 0.703. The van der Waals surface area contributed by atoms with E-state index in [1.54, 1.807) is 0 Å². The lowest BCUT2D eigenvalue weighted by atomic mass is 9.93. The van der Waals surface area contributed by atoms with Crippen LogP contribution in [0.3, 0.4) is 0 Å². The number of carbonyl (C=O) groups excluding carboxylic acids is 1. The molecule has 2 atom stereocenters. The van der Waals surface area contributed by atoms with Crippen molar-refractivity contribution in [3.8, 4) is 0 Å². The van der Waals surface area contributed by atoms with Crippen molar-refractivity contribution in [2.75, 3.05) is 0 Å². The molecule has 3 nitrogen and oxygen atoms in total. The largest absolute Gasteiger partial charge is 0.444 e. The molecule has 110 valence electrons. The molecular formula is C16H29NO2. The van der Waals surface area contributed by atoms with E-state index in [9.17, 15) is 4.79 Å². The first-order chi connectivity index (χ1) is 8.70. The lowest BCUT2D eigenvalue weighted by Crippen LogP contribution is -2.50. The van der Waals surface area contributed by atoms with Gasteiger partial charge in [0, 0.05) is 12.1 Å². The molecule has 0 aliphatic carbocycles. The van der Waals surface area contributed by atoms with Crippen LogP contribution in [0.1, 0.15) is 66.7 Å². The van der Waals surface area contributed by atoms with Gasteiger partial charge >= 0.3 is 6.09 Å². The molecule has 0 aromatic heterocycles. The Bertz CT molecular complexity index is 330. The second-order valence-corrected chi connectivity index (χ2v) is 6.82. The van der Waals surface area contributed by atoms with E-state index >= 15 is 0 Å². The molecule has 0 radical (unpaired) electrons. The molecule has 1 rings (SSSR count). The number of rotatable bonds is 3. The summed E-state index contributed by atoms with van der Waals surface area (Å²) in [5.41, 5.74) is 0.759. The monoisotopic (exact) mass is 267 g/mol. The minimum atomic E-state index is -0.423. The summed E-state index contributed by atoms with van der Waals surface area (Å²) >= 11 is 0. The molecule has 0 spiro atoms. The minimum Gasteiger partial charge on any atom is -0.444 e. The second-order valence-electron chi connectivity index (χ2n) is 6.82. The Morgan fingerprint density at radius 3 is 2.53 bits per heavy atom. The highest BCUT2D eigenvalue weighted by molar-refractivity contribution is 5.69. The van der Waals surface area contributed by atoms with E-state index in [-0.39, 0.29) is 12.1 Å². The van der Waals surface area contributed by atoms with Crippen LogP contribution in [0.5, 0.6) is 0 Å². The number of ether oxygens (including phenoxy) is 1. The number of amides is 1. The highest BCUT2D eigenvalue weighted by Gasteiger charge is 2.34. The molecule has 0 saturated carbocycles. The summed E-state index contributed by atoms with van der Waals surface area (Å²) in [6, 6.07) is 0.578. The Labute approximate surface area is 118 Å².